The van der Waals surface area contributed by atoms with Crippen molar-refractivity contribution in [2.75, 3.05) is 24.3 Å². The van der Waals surface area contributed by atoms with Crippen molar-refractivity contribution in [3.8, 4) is 5.75 Å². The van der Waals surface area contributed by atoms with E-state index in [0.717, 1.165) is 12.2 Å². The van der Waals surface area contributed by atoms with E-state index in [1.165, 1.54) is 11.9 Å². The van der Waals surface area contributed by atoms with E-state index in [9.17, 15) is 9.90 Å². The van der Waals surface area contributed by atoms with Crippen LogP contribution in [0, 0.1) is 0 Å². The fraction of sp³-hybridized carbons (Fsp3) is 0.150. The van der Waals surface area contributed by atoms with E-state index in [2.05, 4.69) is 20.6 Å². The standard InChI is InChI=1S/C20H20N4O3/c1-27-15-8-6-14(7-9-15)10-11-21-18-12-19(23-13-22-18)24-17-5-3-2-4-16(17)20(25)26/h2-9,12-13H,10-11H2,1H3,(H,25,26)(H2,21,22,23,24). The molecule has 7 nitrogen and oxygen atoms in total. The van der Waals surface area contributed by atoms with Crippen molar-refractivity contribution in [2.45, 2.75) is 6.42 Å². The van der Waals surface area contributed by atoms with E-state index in [1.54, 1.807) is 37.4 Å². The molecule has 0 aliphatic rings. The zero-order valence-corrected chi connectivity index (χ0v) is 14.8. The highest BCUT2D eigenvalue weighted by atomic mass is 16.5. The number of benzene rings is 2. The lowest BCUT2D eigenvalue weighted by atomic mass is 10.1. The Bertz CT molecular complexity index is 913. The number of carboxylic acids is 1. The smallest absolute Gasteiger partial charge is 0.337 e. The van der Waals surface area contributed by atoms with Crippen molar-refractivity contribution in [1.29, 1.82) is 0 Å². The lowest BCUT2D eigenvalue weighted by Gasteiger charge is -2.10. The van der Waals surface area contributed by atoms with Gasteiger partial charge in [0.15, 0.2) is 0 Å². The molecule has 0 unspecified atom stereocenters. The van der Waals surface area contributed by atoms with Gasteiger partial charge in [0.25, 0.3) is 0 Å². The van der Waals surface area contributed by atoms with Crippen LogP contribution >= 0.6 is 0 Å². The van der Waals surface area contributed by atoms with Gasteiger partial charge in [0.2, 0.25) is 0 Å². The fourth-order valence-electron chi connectivity index (χ4n) is 2.57. The molecule has 27 heavy (non-hydrogen) atoms. The second-order valence-electron chi connectivity index (χ2n) is 5.79. The van der Waals surface area contributed by atoms with Gasteiger partial charge in [-0.05, 0) is 36.2 Å². The highest BCUT2D eigenvalue weighted by molar-refractivity contribution is 5.95. The third kappa shape index (κ3) is 4.94. The summed E-state index contributed by atoms with van der Waals surface area (Å²) in [5.41, 5.74) is 1.85. The average molecular weight is 364 g/mol. The number of para-hydroxylation sites is 1. The van der Waals surface area contributed by atoms with Gasteiger partial charge >= 0.3 is 5.97 Å². The predicted molar refractivity (Wildman–Crippen MR) is 104 cm³/mol. The van der Waals surface area contributed by atoms with Gasteiger partial charge < -0.3 is 20.5 Å². The van der Waals surface area contributed by atoms with Gasteiger partial charge in [-0.15, -0.1) is 0 Å². The first-order valence-corrected chi connectivity index (χ1v) is 8.44. The van der Waals surface area contributed by atoms with Crippen LogP contribution in [-0.4, -0.2) is 34.7 Å². The van der Waals surface area contributed by atoms with Crippen molar-refractivity contribution in [2.24, 2.45) is 0 Å². The molecule has 0 saturated heterocycles. The molecule has 0 bridgehead atoms. The van der Waals surface area contributed by atoms with Crippen molar-refractivity contribution in [3.63, 3.8) is 0 Å². The minimum absolute atomic E-state index is 0.185. The molecule has 0 atom stereocenters. The number of hydrogen-bond donors (Lipinski definition) is 3. The number of carboxylic acid groups (broad SMARTS) is 1. The number of methoxy groups -OCH3 is 1. The molecular formula is C20H20N4O3. The van der Waals surface area contributed by atoms with E-state index >= 15 is 0 Å². The minimum atomic E-state index is -0.995. The third-order valence-electron chi connectivity index (χ3n) is 3.97. The Morgan fingerprint density at radius 3 is 2.56 bits per heavy atom. The molecular weight excluding hydrogens is 344 g/mol. The molecule has 2 aromatic carbocycles. The molecule has 0 amide bonds. The molecule has 3 rings (SSSR count). The molecule has 0 saturated carbocycles. The number of ether oxygens (including phenoxy) is 1. The van der Waals surface area contributed by atoms with E-state index in [-0.39, 0.29) is 5.56 Å². The predicted octanol–water partition coefficient (Wildman–Crippen LogP) is 3.58. The first-order chi connectivity index (χ1) is 13.2. The first kappa shape index (κ1) is 18.2. The third-order valence-corrected chi connectivity index (χ3v) is 3.97. The summed E-state index contributed by atoms with van der Waals surface area (Å²) in [6.07, 6.45) is 2.26. The lowest BCUT2D eigenvalue weighted by Crippen LogP contribution is -2.08. The van der Waals surface area contributed by atoms with Crippen LogP contribution in [0.5, 0.6) is 5.75 Å². The molecule has 1 aromatic heterocycles. The van der Waals surface area contributed by atoms with Crippen molar-refractivity contribution < 1.29 is 14.6 Å². The molecule has 0 spiro atoms. The maximum Gasteiger partial charge on any atom is 0.337 e. The Morgan fingerprint density at radius 2 is 1.81 bits per heavy atom. The number of hydrogen-bond acceptors (Lipinski definition) is 6. The van der Waals surface area contributed by atoms with Crippen molar-refractivity contribution >= 4 is 23.3 Å². The summed E-state index contributed by atoms with van der Waals surface area (Å²) >= 11 is 0. The second-order valence-corrected chi connectivity index (χ2v) is 5.79. The Labute approximate surface area is 157 Å². The lowest BCUT2D eigenvalue weighted by molar-refractivity contribution is 0.0698. The van der Waals surface area contributed by atoms with Crippen molar-refractivity contribution in [3.05, 3.63) is 72.1 Å². The quantitative estimate of drug-likeness (QED) is 0.562. The zero-order valence-electron chi connectivity index (χ0n) is 14.8. The number of aromatic carboxylic acids is 1. The topological polar surface area (TPSA) is 96.4 Å². The second kappa shape index (κ2) is 8.66. The number of carbonyl (C=O) groups is 1. The number of aromatic nitrogens is 2. The first-order valence-electron chi connectivity index (χ1n) is 8.44. The van der Waals surface area contributed by atoms with Gasteiger partial charge in [-0.3, -0.25) is 0 Å². The zero-order chi connectivity index (χ0) is 19.1. The summed E-state index contributed by atoms with van der Waals surface area (Å²) < 4.78 is 5.15. The Kier molecular flexibility index (Phi) is 5.84. The highest BCUT2D eigenvalue weighted by Gasteiger charge is 2.09. The van der Waals surface area contributed by atoms with Gasteiger partial charge in [0.05, 0.1) is 18.4 Å². The molecule has 0 fully saturated rings. The highest BCUT2D eigenvalue weighted by Crippen LogP contribution is 2.20. The van der Waals surface area contributed by atoms with Crippen LogP contribution in [-0.2, 0) is 6.42 Å². The van der Waals surface area contributed by atoms with Gasteiger partial charge in [-0.2, -0.15) is 0 Å². The molecule has 3 N–H and O–H groups in total. The SMILES string of the molecule is COc1ccc(CCNc2cc(Nc3ccccc3C(=O)O)ncn2)cc1. The van der Waals surface area contributed by atoms with Crippen LogP contribution in [0.1, 0.15) is 15.9 Å². The molecule has 138 valence electrons. The van der Waals surface area contributed by atoms with Crippen LogP contribution < -0.4 is 15.4 Å². The summed E-state index contributed by atoms with van der Waals surface area (Å²) in [7, 11) is 1.64. The Balaban J connectivity index is 1.61. The number of rotatable bonds is 8. The molecule has 1 heterocycles. The Morgan fingerprint density at radius 1 is 1.07 bits per heavy atom. The van der Waals surface area contributed by atoms with Crippen LogP contribution in [0.2, 0.25) is 0 Å². The number of anilines is 3. The average Bonchev–Trinajstić information content (AvgIpc) is 2.69. The molecule has 7 heteroatoms. The Hall–Kier alpha value is -3.61. The van der Waals surface area contributed by atoms with Crippen LogP contribution in [0.4, 0.5) is 17.3 Å². The van der Waals surface area contributed by atoms with E-state index in [4.69, 9.17) is 4.74 Å². The maximum atomic E-state index is 11.3. The number of nitrogens with zero attached hydrogens (tertiary/aromatic N) is 2. The van der Waals surface area contributed by atoms with Gasteiger partial charge in [0.1, 0.15) is 23.7 Å². The normalized spacial score (nSPS) is 10.3. The van der Waals surface area contributed by atoms with Crippen molar-refractivity contribution in [1.82, 2.24) is 9.97 Å². The fourth-order valence-corrected chi connectivity index (χ4v) is 2.57. The molecule has 0 radical (unpaired) electrons. The van der Waals surface area contributed by atoms with E-state index in [1.807, 2.05) is 24.3 Å². The van der Waals surface area contributed by atoms with Crippen LogP contribution in [0.25, 0.3) is 0 Å². The summed E-state index contributed by atoms with van der Waals surface area (Å²) in [6, 6.07) is 16.3. The maximum absolute atomic E-state index is 11.3. The van der Waals surface area contributed by atoms with Gasteiger partial charge in [0, 0.05) is 12.6 Å². The van der Waals surface area contributed by atoms with E-state index < -0.39 is 5.97 Å². The molecule has 0 aliphatic heterocycles. The van der Waals surface area contributed by atoms with Gasteiger partial charge in [-0.25, -0.2) is 14.8 Å². The van der Waals surface area contributed by atoms with E-state index in [0.29, 0.717) is 23.9 Å². The summed E-state index contributed by atoms with van der Waals surface area (Å²) in [5.74, 6) is 1.02. The summed E-state index contributed by atoms with van der Waals surface area (Å²) in [5, 5.41) is 15.5. The minimum Gasteiger partial charge on any atom is -0.497 e. The van der Waals surface area contributed by atoms with Crippen LogP contribution in [0.3, 0.4) is 0 Å². The van der Waals surface area contributed by atoms with Gasteiger partial charge in [-0.1, -0.05) is 24.3 Å². The number of nitrogens with one attached hydrogen (secondary N) is 2. The van der Waals surface area contributed by atoms with Crippen LogP contribution in [0.15, 0.2) is 60.9 Å². The largest absolute Gasteiger partial charge is 0.497 e. The molecule has 3 aromatic rings. The molecule has 0 aliphatic carbocycles. The summed E-state index contributed by atoms with van der Waals surface area (Å²) in [4.78, 5) is 19.7. The summed E-state index contributed by atoms with van der Waals surface area (Å²) in [6.45, 7) is 0.703. The monoisotopic (exact) mass is 364 g/mol.